The second-order valence-corrected chi connectivity index (χ2v) is 6.01. The Labute approximate surface area is 141 Å². The summed E-state index contributed by atoms with van der Waals surface area (Å²) in [7, 11) is 0. The van der Waals surface area contributed by atoms with E-state index < -0.39 is 37.3 Å². The summed E-state index contributed by atoms with van der Waals surface area (Å²) in [5, 5.41) is 38.2. The van der Waals surface area contributed by atoms with Crippen molar-refractivity contribution in [2.75, 3.05) is 13.2 Å². The molecule has 1 rings (SSSR count). The van der Waals surface area contributed by atoms with Gasteiger partial charge in [0, 0.05) is 13.0 Å². The van der Waals surface area contributed by atoms with Gasteiger partial charge in [0.05, 0.1) is 6.61 Å². The zero-order valence-electron chi connectivity index (χ0n) is 13.8. The quantitative estimate of drug-likeness (QED) is 0.114. The lowest BCUT2D eigenvalue weighted by molar-refractivity contribution is -0.301. The molecule has 9 heteroatoms. The molecule has 24 heavy (non-hydrogen) atoms. The highest BCUT2D eigenvalue weighted by Gasteiger charge is 2.43. The topological polar surface area (TPSA) is 154 Å². The van der Waals surface area contributed by atoms with E-state index in [9.17, 15) is 20.1 Å². The fourth-order valence-electron chi connectivity index (χ4n) is 2.57. The lowest BCUT2D eigenvalue weighted by atomic mass is 9.99. The van der Waals surface area contributed by atoms with Crippen LogP contribution in [0.2, 0.25) is 0 Å². The van der Waals surface area contributed by atoms with Gasteiger partial charge in [0.1, 0.15) is 24.4 Å². The van der Waals surface area contributed by atoms with Crippen molar-refractivity contribution in [3.05, 3.63) is 0 Å². The first kappa shape index (κ1) is 21.2. The molecule has 1 aliphatic rings. The lowest BCUT2D eigenvalue weighted by Gasteiger charge is -2.39. The number of carbonyl (C=O) groups excluding carboxylic acids is 1. The number of aliphatic hydroxyl groups is 4. The van der Waals surface area contributed by atoms with Crippen molar-refractivity contribution in [3.63, 3.8) is 0 Å². The molecule has 1 heterocycles. The zero-order chi connectivity index (χ0) is 17.9. The summed E-state index contributed by atoms with van der Waals surface area (Å²) < 4.78 is 10.6. The summed E-state index contributed by atoms with van der Waals surface area (Å²) in [4.78, 5) is 10.9. The number of nitrogens with one attached hydrogen (secondary N) is 1. The number of rotatable bonds is 11. The van der Waals surface area contributed by atoms with Gasteiger partial charge in [-0.3, -0.25) is 10.2 Å². The first-order valence-corrected chi connectivity index (χ1v) is 8.42. The Bertz CT molecular complexity index is 357. The second kappa shape index (κ2) is 11.7. The molecule has 1 saturated heterocycles. The van der Waals surface area contributed by atoms with E-state index in [4.69, 9.17) is 20.4 Å². The molecule has 1 fully saturated rings. The van der Waals surface area contributed by atoms with E-state index in [1.807, 2.05) is 0 Å². The summed E-state index contributed by atoms with van der Waals surface area (Å²) >= 11 is 0. The van der Waals surface area contributed by atoms with Gasteiger partial charge in [-0.2, -0.15) is 0 Å². The minimum Gasteiger partial charge on any atom is -0.394 e. The van der Waals surface area contributed by atoms with Gasteiger partial charge in [0.25, 0.3) is 0 Å². The summed E-state index contributed by atoms with van der Waals surface area (Å²) in [6.45, 7) is -0.120. The lowest BCUT2D eigenvalue weighted by Crippen LogP contribution is -2.59. The van der Waals surface area contributed by atoms with Gasteiger partial charge < -0.3 is 29.9 Å². The first-order valence-electron chi connectivity index (χ1n) is 8.42. The molecule has 0 aromatic carbocycles. The number of hydrogen-bond acceptors (Lipinski definition) is 8. The van der Waals surface area contributed by atoms with Crippen LogP contribution in [0.3, 0.4) is 0 Å². The number of ether oxygens (including phenoxy) is 2. The van der Waals surface area contributed by atoms with Gasteiger partial charge in [-0.1, -0.05) is 25.7 Å². The summed E-state index contributed by atoms with van der Waals surface area (Å²) in [5.74, 6) is 4.84. The molecule has 5 atom stereocenters. The Balaban J connectivity index is 2.07. The molecule has 0 radical (unpaired) electrons. The molecule has 1 amide bonds. The average Bonchev–Trinajstić information content (AvgIpc) is 2.59. The Morgan fingerprint density at radius 3 is 2.25 bits per heavy atom. The fraction of sp³-hybridized carbons (Fsp3) is 0.933. The molecular weight excluding hydrogens is 320 g/mol. The van der Waals surface area contributed by atoms with Crippen LogP contribution >= 0.6 is 0 Å². The minimum atomic E-state index is -1.41. The SMILES string of the molecule is NNC(=O)CCCCCCCCO[C@@H]1O[C@H](CO)[C@@H](O)[C@H](O)[C@@H]1O. The Morgan fingerprint density at radius 1 is 1.00 bits per heavy atom. The van der Waals surface area contributed by atoms with Gasteiger partial charge in [0.15, 0.2) is 6.29 Å². The Morgan fingerprint density at radius 2 is 1.62 bits per heavy atom. The summed E-state index contributed by atoms with van der Waals surface area (Å²) in [5.41, 5.74) is 2.09. The van der Waals surface area contributed by atoms with Crippen LogP contribution in [0.1, 0.15) is 44.9 Å². The predicted molar refractivity (Wildman–Crippen MR) is 84.4 cm³/mol. The molecule has 7 N–H and O–H groups in total. The molecule has 0 spiro atoms. The molecule has 9 nitrogen and oxygen atoms in total. The van der Waals surface area contributed by atoms with E-state index >= 15 is 0 Å². The van der Waals surface area contributed by atoms with Crippen molar-refractivity contribution in [2.45, 2.75) is 75.7 Å². The highest BCUT2D eigenvalue weighted by molar-refractivity contribution is 5.74. The van der Waals surface area contributed by atoms with Crippen LogP contribution in [-0.4, -0.2) is 70.3 Å². The molecule has 0 aromatic rings. The third-order valence-electron chi connectivity index (χ3n) is 4.09. The molecule has 1 aliphatic heterocycles. The molecule has 0 aliphatic carbocycles. The zero-order valence-corrected chi connectivity index (χ0v) is 13.8. The fourth-order valence-corrected chi connectivity index (χ4v) is 2.57. The largest absolute Gasteiger partial charge is 0.394 e. The van der Waals surface area contributed by atoms with Crippen molar-refractivity contribution < 1.29 is 34.7 Å². The summed E-state index contributed by atoms with van der Waals surface area (Å²) in [6, 6.07) is 0. The number of aliphatic hydroxyl groups excluding tert-OH is 4. The van der Waals surface area contributed by atoms with Crippen LogP contribution in [0.15, 0.2) is 0 Å². The number of carbonyl (C=O) groups is 1. The number of amides is 1. The summed E-state index contributed by atoms with van der Waals surface area (Å²) in [6.07, 6.45) is -0.218. The first-order chi connectivity index (χ1) is 11.5. The minimum absolute atomic E-state index is 0.150. The van der Waals surface area contributed by atoms with E-state index in [1.165, 1.54) is 0 Å². The standard InChI is InChI=1S/C15H30N2O7/c16-17-11(19)7-5-3-1-2-4-6-8-23-15-14(22)13(21)12(20)10(9-18)24-15/h10,12-15,18,20-22H,1-9,16H2,(H,17,19)/t10-,12-,13+,14+,15-/m1/s1. The second-order valence-electron chi connectivity index (χ2n) is 6.01. The van der Waals surface area contributed by atoms with Gasteiger partial charge in [-0.05, 0) is 12.8 Å². The number of nitrogens with two attached hydrogens (primary N) is 1. The Kier molecular flexibility index (Phi) is 10.3. The van der Waals surface area contributed by atoms with Crippen LogP contribution in [0.5, 0.6) is 0 Å². The van der Waals surface area contributed by atoms with Crippen LogP contribution in [0.25, 0.3) is 0 Å². The maximum absolute atomic E-state index is 10.9. The van der Waals surface area contributed by atoms with E-state index in [-0.39, 0.29) is 5.91 Å². The molecule has 142 valence electrons. The van der Waals surface area contributed by atoms with Gasteiger partial charge in [-0.15, -0.1) is 0 Å². The van der Waals surface area contributed by atoms with Crippen LogP contribution in [-0.2, 0) is 14.3 Å². The maximum atomic E-state index is 10.9. The van der Waals surface area contributed by atoms with E-state index in [2.05, 4.69) is 5.43 Å². The highest BCUT2D eigenvalue weighted by Crippen LogP contribution is 2.22. The maximum Gasteiger partial charge on any atom is 0.233 e. The third kappa shape index (κ3) is 6.98. The number of hydrogen-bond donors (Lipinski definition) is 6. The van der Waals surface area contributed by atoms with Crippen molar-refractivity contribution in [3.8, 4) is 0 Å². The van der Waals surface area contributed by atoms with Gasteiger partial charge in [-0.25, -0.2) is 5.84 Å². The molecule has 0 aromatic heterocycles. The molecular formula is C15H30N2O7. The average molecular weight is 350 g/mol. The number of hydrazine groups is 1. The number of unbranched alkanes of at least 4 members (excludes halogenated alkanes) is 5. The smallest absolute Gasteiger partial charge is 0.233 e. The van der Waals surface area contributed by atoms with Crippen LogP contribution in [0, 0.1) is 0 Å². The van der Waals surface area contributed by atoms with Crippen molar-refractivity contribution >= 4 is 5.91 Å². The normalized spacial score (nSPS) is 30.3. The van der Waals surface area contributed by atoms with E-state index in [0.29, 0.717) is 13.0 Å². The van der Waals surface area contributed by atoms with Crippen molar-refractivity contribution in [1.29, 1.82) is 0 Å². The van der Waals surface area contributed by atoms with E-state index in [1.54, 1.807) is 0 Å². The third-order valence-corrected chi connectivity index (χ3v) is 4.09. The van der Waals surface area contributed by atoms with Gasteiger partial charge in [0.2, 0.25) is 5.91 Å². The predicted octanol–water partition coefficient (Wildman–Crippen LogP) is -1.48. The van der Waals surface area contributed by atoms with Crippen LogP contribution < -0.4 is 11.3 Å². The van der Waals surface area contributed by atoms with Crippen molar-refractivity contribution in [1.82, 2.24) is 5.43 Å². The highest BCUT2D eigenvalue weighted by atomic mass is 16.7. The monoisotopic (exact) mass is 350 g/mol. The molecule has 0 bridgehead atoms. The molecule has 0 saturated carbocycles. The van der Waals surface area contributed by atoms with Crippen molar-refractivity contribution in [2.24, 2.45) is 5.84 Å². The van der Waals surface area contributed by atoms with Crippen LogP contribution in [0.4, 0.5) is 0 Å². The van der Waals surface area contributed by atoms with Gasteiger partial charge >= 0.3 is 0 Å². The Hall–Kier alpha value is -0.810. The molecule has 0 unspecified atom stereocenters. The van der Waals surface area contributed by atoms with E-state index in [0.717, 1.165) is 38.5 Å².